The van der Waals surface area contributed by atoms with Crippen LogP contribution >= 0.6 is 0 Å². The van der Waals surface area contributed by atoms with E-state index in [0.29, 0.717) is 24.8 Å². The molecule has 0 spiro atoms. The Balaban J connectivity index is 1.52. The molecule has 2 aromatic carbocycles. The van der Waals surface area contributed by atoms with Crippen LogP contribution in [0.15, 0.2) is 36.4 Å². The molecule has 5 nitrogen and oxygen atoms in total. The summed E-state index contributed by atoms with van der Waals surface area (Å²) in [4.78, 5) is 14.8. The second kappa shape index (κ2) is 11.4. The van der Waals surface area contributed by atoms with Crippen molar-refractivity contribution in [1.29, 1.82) is 0 Å². The lowest BCUT2D eigenvalue weighted by Crippen LogP contribution is -2.45. The van der Waals surface area contributed by atoms with Crippen LogP contribution in [0.5, 0.6) is 5.75 Å². The maximum atomic E-state index is 13.3. The molecule has 1 amide bonds. The van der Waals surface area contributed by atoms with Crippen LogP contribution in [0.1, 0.15) is 48.1 Å². The molecule has 1 fully saturated rings. The number of carbonyl (C=O) groups excluding carboxylic acids is 1. The topological polar surface area (TPSA) is 50.8 Å². The van der Waals surface area contributed by atoms with Crippen molar-refractivity contribution in [3.05, 3.63) is 64.5 Å². The number of rotatable bonds is 9. The highest BCUT2D eigenvalue weighted by Crippen LogP contribution is 2.32. The first-order valence-corrected chi connectivity index (χ1v) is 11.4. The molecule has 0 aromatic heterocycles. The molecule has 1 unspecified atom stereocenters. The molecule has 1 N–H and O–H groups in total. The van der Waals surface area contributed by atoms with Crippen molar-refractivity contribution in [2.24, 2.45) is 0 Å². The number of halogens is 1. The van der Waals surface area contributed by atoms with Gasteiger partial charge in [0.15, 0.2) is 0 Å². The van der Waals surface area contributed by atoms with Gasteiger partial charge in [0, 0.05) is 32.3 Å². The van der Waals surface area contributed by atoms with Crippen molar-refractivity contribution in [3.63, 3.8) is 0 Å². The minimum Gasteiger partial charge on any atom is -0.491 e. The molecular formula is C26H35FN2O3. The summed E-state index contributed by atoms with van der Waals surface area (Å²) in [6.45, 7) is 9.48. The maximum absolute atomic E-state index is 13.3. The molecule has 0 saturated carbocycles. The van der Waals surface area contributed by atoms with Crippen molar-refractivity contribution in [1.82, 2.24) is 10.2 Å². The van der Waals surface area contributed by atoms with E-state index in [1.807, 2.05) is 0 Å². The molecule has 3 rings (SSSR count). The lowest BCUT2D eigenvalue weighted by atomic mass is 9.94. The van der Waals surface area contributed by atoms with Crippen molar-refractivity contribution in [2.45, 2.75) is 52.1 Å². The summed E-state index contributed by atoms with van der Waals surface area (Å²) in [6.07, 6.45) is 2.04. The second-order valence-corrected chi connectivity index (χ2v) is 8.60. The van der Waals surface area contributed by atoms with E-state index in [2.05, 4.69) is 43.1 Å². The highest BCUT2D eigenvalue weighted by molar-refractivity contribution is 5.78. The van der Waals surface area contributed by atoms with Gasteiger partial charge in [-0.15, -0.1) is 0 Å². The SMILES string of the molecule is COCCOc1ccc(C(C)N2CCC(NC(=O)Cc3cccc(F)c3)CC2)c(C)c1C. The van der Waals surface area contributed by atoms with Crippen molar-refractivity contribution in [3.8, 4) is 5.75 Å². The zero-order chi connectivity index (χ0) is 23.1. The summed E-state index contributed by atoms with van der Waals surface area (Å²) < 4.78 is 24.2. The first-order valence-electron chi connectivity index (χ1n) is 11.4. The summed E-state index contributed by atoms with van der Waals surface area (Å²) in [5, 5.41) is 3.12. The molecule has 1 saturated heterocycles. The number of hydrogen-bond donors (Lipinski definition) is 1. The lowest BCUT2D eigenvalue weighted by molar-refractivity contribution is -0.121. The quantitative estimate of drug-likeness (QED) is 0.587. The summed E-state index contributed by atoms with van der Waals surface area (Å²) in [5.74, 6) is 0.561. The van der Waals surface area contributed by atoms with Crippen LogP contribution in [-0.4, -0.2) is 50.3 Å². The van der Waals surface area contributed by atoms with Crippen LogP contribution < -0.4 is 10.1 Å². The average Bonchev–Trinajstić information content (AvgIpc) is 2.77. The van der Waals surface area contributed by atoms with E-state index < -0.39 is 0 Å². The van der Waals surface area contributed by atoms with Gasteiger partial charge in [-0.1, -0.05) is 18.2 Å². The minimum absolute atomic E-state index is 0.0439. The Morgan fingerprint density at radius 2 is 1.91 bits per heavy atom. The smallest absolute Gasteiger partial charge is 0.224 e. The Morgan fingerprint density at radius 3 is 2.59 bits per heavy atom. The fraction of sp³-hybridized carbons (Fsp3) is 0.500. The van der Waals surface area contributed by atoms with E-state index in [1.54, 1.807) is 19.2 Å². The number of ether oxygens (including phenoxy) is 2. The van der Waals surface area contributed by atoms with Crippen LogP contribution in [0.25, 0.3) is 0 Å². The average molecular weight is 443 g/mol. The fourth-order valence-electron chi connectivity index (χ4n) is 4.40. The molecule has 0 bridgehead atoms. The van der Waals surface area contributed by atoms with E-state index >= 15 is 0 Å². The van der Waals surface area contributed by atoms with Crippen LogP contribution in [0.2, 0.25) is 0 Å². The largest absolute Gasteiger partial charge is 0.491 e. The molecule has 6 heteroatoms. The Morgan fingerprint density at radius 1 is 1.16 bits per heavy atom. The van der Waals surface area contributed by atoms with E-state index in [4.69, 9.17) is 9.47 Å². The van der Waals surface area contributed by atoms with Crippen LogP contribution in [0, 0.1) is 19.7 Å². The Bertz CT molecular complexity index is 910. The van der Waals surface area contributed by atoms with Crippen molar-refractivity contribution < 1.29 is 18.7 Å². The van der Waals surface area contributed by atoms with Gasteiger partial charge in [-0.25, -0.2) is 4.39 Å². The van der Waals surface area contributed by atoms with Gasteiger partial charge in [-0.05, 0) is 74.1 Å². The highest BCUT2D eigenvalue weighted by Gasteiger charge is 2.26. The minimum atomic E-state index is -0.308. The number of amides is 1. The number of nitrogens with zero attached hydrogens (tertiary/aromatic N) is 1. The van der Waals surface area contributed by atoms with Gasteiger partial charge in [0.2, 0.25) is 5.91 Å². The van der Waals surface area contributed by atoms with Gasteiger partial charge >= 0.3 is 0 Å². The van der Waals surface area contributed by atoms with Crippen molar-refractivity contribution >= 4 is 5.91 Å². The molecule has 0 aliphatic carbocycles. The monoisotopic (exact) mass is 442 g/mol. The molecule has 0 radical (unpaired) electrons. The summed E-state index contributed by atoms with van der Waals surface area (Å²) in [6, 6.07) is 10.9. The molecule has 32 heavy (non-hydrogen) atoms. The highest BCUT2D eigenvalue weighted by atomic mass is 19.1. The zero-order valence-electron chi connectivity index (χ0n) is 19.6. The van der Waals surface area contributed by atoms with Crippen molar-refractivity contribution in [2.75, 3.05) is 33.4 Å². The predicted molar refractivity (Wildman–Crippen MR) is 125 cm³/mol. The maximum Gasteiger partial charge on any atom is 0.224 e. The number of piperidine rings is 1. The first kappa shape index (κ1) is 24.2. The zero-order valence-corrected chi connectivity index (χ0v) is 19.6. The molecule has 174 valence electrons. The summed E-state index contributed by atoms with van der Waals surface area (Å²) in [5.41, 5.74) is 4.45. The van der Waals surface area contributed by atoms with E-state index in [-0.39, 0.29) is 24.2 Å². The second-order valence-electron chi connectivity index (χ2n) is 8.60. The Labute approximate surface area is 190 Å². The van der Waals surface area contributed by atoms with Crippen LogP contribution in [-0.2, 0) is 16.0 Å². The van der Waals surface area contributed by atoms with Crippen LogP contribution in [0.4, 0.5) is 4.39 Å². The molecular weight excluding hydrogens is 407 g/mol. The Kier molecular flexibility index (Phi) is 8.65. The number of benzene rings is 2. The van der Waals surface area contributed by atoms with Gasteiger partial charge < -0.3 is 14.8 Å². The van der Waals surface area contributed by atoms with Gasteiger partial charge in [0.05, 0.1) is 13.0 Å². The first-order chi connectivity index (χ1) is 15.4. The van der Waals surface area contributed by atoms with Gasteiger partial charge in [0.1, 0.15) is 18.2 Å². The number of nitrogens with one attached hydrogen (secondary N) is 1. The summed E-state index contributed by atoms with van der Waals surface area (Å²) >= 11 is 0. The molecule has 1 aliphatic heterocycles. The third kappa shape index (κ3) is 6.30. The standard InChI is InChI=1S/C26H35FN2O3/c1-18-19(2)25(32-15-14-31-4)9-8-24(18)20(3)29-12-10-23(11-13-29)28-26(30)17-21-6-5-7-22(27)16-21/h5-9,16,20,23H,10-15,17H2,1-4H3,(H,28,30). The number of carbonyl (C=O) groups is 1. The predicted octanol–water partition coefficient (Wildman–Crippen LogP) is 4.35. The summed E-state index contributed by atoms with van der Waals surface area (Å²) in [7, 11) is 1.67. The van der Waals surface area contributed by atoms with Gasteiger partial charge in [-0.3, -0.25) is 9.69 Å². The third-order valence-electron chi connectivity index (χ3n) is 6.47. The van der Waals surface area contributed by atoms with Crippen LogP contribution in [0.3, 0.4) is 0 Å². The third-order valence-corrected chi connectivity index (χ3v) is 6.47. The lowest BCUT2D eigenvalue weighted by Gasteiger charge is -2.37. The molecule has 1 atom stereocenters. The fourth-order valence-corrected chi connectivity index (χ4v) is 4.40. The molecule has 1 aliphatic rings. The van der Waals surface area contributed by atoms with E-state index in [9.17, 15) is 9.18 Å². The normalized spacial score (nSPS) is 16.0. The number of methoxy groups -OCH3 is 1. The van der Waals surface area contributed by atoms with Gasteiger partial charge in [-0.2, -0.15) is 0 Å². The molecule has 1 heterocycles. The Hall–Kier alpha value is -2.44. The number of likely N-dealkylation sites (tertiary alicyclic amines) is 1. The van der Waals surface area contributed by atoms with E-state index in [0.717, 1.165) is 31.7 Å². The van der Waals surface area contributed by atoms with Gasteiger partial charge in [0.25, 0.3) is 0 Å². The van der Waals surface area contributed by atoms with E-state index in [1.165, 1.54) is 28.8 Å². The molecule has 2 aromatic rings. The number of hydrogen-bond acceptors (Lipinski definition) is 4.